The summed E-state index contributed by atoms with van der Waals surface area (Å²) >= 11 is 0. The molecule has 1 atom stereocenters. The number of piperazine rings is 1. The fraction of sp³-hybridized carbons (Fsp3) is 0.684. The Kier molecular flexibility index (Phi) is 9.95. The predicted molar refractivity (Wildman–Crippen MR) is 108 cm³/mol. The first kappa shape index (κ1) is 22.4. The van der Waals surface area contributed by atoms with Crippen LogP contribution in [-0.4, -0.2) is 45.3 Å². The fourth-order valence-electron chi connectivity index (χ4n) is 4.30. The molecule has 0 amide bonds. The minimum atomic E-state index is 0. The summed E-state index contributed by atoms with van der Waals surface area (Å²) in [4.78, 5) is 2.65. The molecule has 25 heavy (non-hydrogen) atoms. The maximum absolute atomic E-state index is 5.73. The smallest absolute Gasteiger partial charge is 0.127 e. The van der Waals surface area contributed by atoms with E-state index in [0.29, 0.717) is 12.0 Å². The average molecular weight is 391 g/mol. The van der Waals surface area contributed by atoms with E-state index in [2.05, 4.69) is 22.3 Å². The maximum atomic E-state index is 5.73. The molecule has 2 aliphatic rings. The molecule has 3 rings (SSSR count). The van der Waals surface area contributed by atoms with Gasteiger partial charge in [-0.1, -0.05) is 25.3 Å². The second kappa shape index (κ2) is 11.1. The van der Waals surface area contributed by atoms with Gasteiger partial charge in [-0.3, -0.25) is 4.90 Å². The van der Waals surface area contributed by atoms with Gasteiger partial charge in [-0.25, -0.2) is 0 Å². The molecule has 4 nitrogen and oxygen atoms in total. The number of benzene rings is 1. The molecule has 0 spiro atoms. The first-order chi connectivity index (χ1) is 11.3. The lowest BCUT2D eigenvalue weighted by atomic mass is 9.79. The lowest BCUT2D eigenvalue weighted by Gasteiger charge is -2.42. The molecule has 0 bridgehead atoms. The van der Waals surface area contributed by atoms with E-state index in [1.165, 1.54) is 37.7 Å². The van der Waals surface area contributed by atoms with Crippen molar-refractivity contribution >= 4 is 24.8 Å². The van der Waals surface area contributed by atoms with Crippen molar-refractivity contribution in [1.29, 1.82) is 0 Å². The van der Waals surface area contributed by atoms with Crippen molar-refractivity contribution in [2.75, 3.05) is 40.4 Å². The Hall–Kier alpha value is -0.680. The van der Waals surface area contributed by atoms with E-state index in [1.807, 2.05) is 6.07 Å². The molecular formula is C19H32Cl2N2O2. The third kappa shape index (κ3) is 5.16. The first-order valence-corrected chi connectivity index (χ1v) is 9.01. The van der Waals surface area contributed by atoms with E-state index in [-0.39, 0.29) is 24.8 Å². The quantitative estimate of drug-likeness (QED) is 0.820. The van der Waals surface area contributed by atoms with Crippen LogP contribution < -0.4 is 14.8 Å². The second-order valence-electron chi connectivity index (χ2n) is 6.71. The van der Waals surface area contributed by atoms with Crippen molar-refractivity contribution in [3.05, 3.63) is 23.8 Å². The number of rotatable bonds is 5. The van der Waals surface area contributed by atoms with Gasteiger partial charge in [0.15, 0.2) is 0 Å². The van der Waals surface area contributed by atoms with Crippen LogP contribution in [0.5, 0.6) is 11.5 Å². The molecule has 1 heterocycles. The minimum absolute atomic E-state index is 0. The van der Waals surface area contributed by atoms with Gasteiger partial charge in [0.1, 0.15) is 11.5 Å². The van der Waals surface area contributed by atoms with Crippen LogP contribution in [0.4, 0.5) is 0 Å². The lowest BCUT2D eigenvalue weighted by molar-refractivity contribution is 0.0990. The zero-order chi connectivity index (χ0) is 16.1. The maximum Gasteiger partial charge on any atom is 0.127 e. The SMILES string of the molecule is COc1cccc(OC)c1[C@@H](C1CCCCC1)N1CCNCC1.Cl.Cl. The van der Waals surface area contributed by atoms with Crippen molar-refractivity contribution < 1.29 is 9.47 Å². The summed E-state index contributed by atoms with van der Waals surface area (Å²) in [5, 5.41) is 3.48. The Bertz CT molecular complexity index is 464. The van der Waals surface area contributed by atoms with Crippen LogP contribution in [0.1, 0.15) is 43.7 Å². The minimum Gasteiger partial charge on any atom is -0.496 e. The van der Waals surface area contributed by atoms with Crippen molar-refractivity contribution in [3.8, 4) is 11.5 Å². The summed E-state index contributed by atoms with van der Waals surface area (Å²) in [6.07, 6.45) is 6.72. The van der Waals surface area contributed by atoms with Crippen LogP contribution in [0.3, 0.4) is 0 Å². The molecule has 1 aromatic rings. The number of nitrogens with zero attached hydrogens (tertiary/aromatic N) is 1. The van der Waals surface area contributed by atoms with E-state index in [4.69, 9.17) is 9.47 Å². The number of ether oxygens (including phenoxy) is 2. The van der Waals surface area contributed by atoms with Gasteiger partial charge in [-0.05, 0) is 30.9 Å². The van der Waals surface area contributed by atoms with Crippen molar-refractivity contribution in [2.45, 2.75) is 38.1 Å². The van der Waals surface area contributed by atoms with Gasteiger partial charge in [-0.15, -0.1) is 24.8 Å². The highest BCUT2D eigenvalue weighted by molar-refractivity contribution is 5.85. The molecule has 2 fully saturated rings. The standard InChI is InChI=1S/C19H30N2O2.2ClH/c1-22-16-9-6-10-17(23-2)18(16)19(15-7-4-3-5-8-15)21-13-11-20-12-14-21;;/h6,9-10,15,19-20H,3-5,7-8,11-14H2,1-2H3;2*1H/t19-;;/m1../s1. The van der Waals surface area contributed by atoms with Gasteiger partial charge in [0.2, 0.25) is 0 Å². The molecule has 6 heteroatoms. The van der Waals surface area contributed by atoms with Crippen LogP contribution in [-0.2, 0) is 0 Å². The first-order valence-electron chi connectivity index (χ1n) is 9.01. The van der Waals surface area contributed by atoms with Gasteiger partial charge >= 0.3 is 0 Å². The molecular weight excluding hydrogens is 359 g/mol. The molecule has 1 aromatic carbocycles. The average Bonchev–Trinajstić information content (AvgIpc) is 2.64. The van der Waals surface area contributed by atoms with E-state index in [9.17, 15) is 0 Å². The highest BCUT2D eigenvalue weighted by Gasteiger charge is 2.34. The van der Waals surface area contributed by atoms with E-state index >= 15 is 0 Å². The largest absolute Gasteiger partial charge is 0.496 e. The molecule has 1 aliphatic heterocycles. The van der Waals surface area contributed by atoms with Crippen LogP contribution in [0.25, 0.3) is 0 Å². The van der Waals surface area contributed by atoms with Crippen LogP contribution >= 0.6 is 24.8 Å². The summed E-state index contributed by atoms with van der Waals surface area (Å²) in [6, 6.07) is 6.59. The Morgan fingerprint density at radius 2 is 1.52 bits per heavy atom. The second-order valence-corrected chi connectivity index (χ2v) is 6.71. The highest BCUT2D eigenvalue weighted by Crippen LogP contribution is 2.45. The molecule has 0 unspecified atom stereocenters. The zero-order valence-corrected chi connectivity index (χ0v) is 17.0. The molecule has 1 N–H and O–H groups in total. The van der Waals surface area contributed by atoms with Crippen molar-refractivity contribution in [3.63, 3.8) is 0 Å². The number of halogens is 2. The summed E-state index contributed by atoms with van der Waals surface area (Å²) < 4.78 is 11.5. The lowest BCUT2D eigenvalue weighted by Crippen LogP contribution is -2.47. The van der Waals surface area contributed by atoms with E-state index in [0.717, 1.165) is 37.7 Å². The van der Waals surface area contributed by atoms with Gasteiger partial charge < -0.3 is 14.8 Å². The van der Waals surface area contributed by atoms with Gasteiger partial charge in [0.05, 0.1) is 19.8 Å². The summed E-state index contributed by atoms with van der Waals surface area (Å²) in [5.74, 6) is 2.64. The van der Waals surface area contributed by atoms with Crippen molar-refractivity contribution in [2.24, 2.45) is 5.92 Å². The topological polar surface area (TPSA) is 33.7 Å². The van der Waals surface area contributed by atoms with E-state index in [1.54, 1.807) is 14.2 Å². The zero-order valence-electron chi connectivity index (χ0n) is 15.3. The monoisotopic (exact) mass is 390 g/mol. The fourth-order valence-corrected chi connectivity index (χ4v) is 4.30. The third-order valence-electron chi connectivity index (χ3n) is 5.40. The van der Waals surface area contributed by atoms with E-state index < -0.39 is 0 Å². The highest BCUT2D eigenvalue weighted by atomic mass is 35.5. The molecule has 1 aliphatic carbocycles. The molecule has 1 saturated carbocycles. The molecule has 0 aromatic heterocycles. The normalized spacial score (nSPS) is 20.1. The van der Waals surface area contributed by atoms with Crippen LogP contribution in [0.15, 0.2) is 18.2 Å². The third-order valence-corrected chi connectivity index (χ3v) is 5.40. The summed E-state index contributed by atoms with van der Waals surface area (Å²) in [5.41, 5.74) is 1.26. The molecule has 144 valence electrons. The Balaban J connectivity index is 0.00000156. The Morgan fingerprint density at radius 1 is 0.960 bits per heavy atom. The van der Waals surface area contributed by atoms with Gasteiger partial charge in [0, 0.05) is 32.2 Å². The number of methoxy groups -OCH3 is 2. The van der Waals surface area contributed by atoms with Crippen LogP contribution in [0.2, 0.25) is 0 Å². The number of hydrogen-bond acceptors (Lipinski definition) is 4. The summed E-state index contributed by atoms with van der Waals surface area (Å²) in [6.45, 7) is 4.34. The number of hydrogen-bond donors (Lipinski definition) is 1. The molecule has 0 radical (unpaired) electrons. The molecule has 1 saturated heterocycles. The van der Waals surface area contributed by atoms with Crippen LogP contribution in [0, 0.1) is 5.92 Å². The Labute approximate surface area is 164 Å². The number of nitrogens with one attached hydrogen (secondary N) is 1. The Morgan fingerprint density at radius 3 is 2.04 bits per heavy atom. The van der Waals surface area contributed by atoms with Crippen molar-refractivity contribution in [1.82, 2.24) is 10.2 Å². The van der Waals surface area contributed by atoms with Gasteiger partial charge in [-0.2, -0.15) is 0 Å². The van der Waals surface area contributed by atoms with Gasteiger partial charge in [0.25, 0.3) is 0 Å². The predicted octanol–water partition coefficient (Wildman–Crippen LogP) is 4.07. The summed E-state index contributed by atoms with van der Waals surface area (Å²) in [7, 11) is 3.54.